The summed E-state index contributed by atoms with van der Waals surface area (Å²) >= 11 is 0. The monoisotopic (exact) mass is 401 g/mol. The van der Waals surface area contributed by atoms with Crippen LogP contribution < -0.4 is 15.4 Å². The van der Waals surface area contributed by atoms with Gasteiger partial charge in [-0.05, 0) is 35.4 Å². The molecule has 2 rings (SSSR count). The molecule has 0 aliphatic heterocycles. The molecule has 6 nitrogen and oxygen atoms in total. The van der Waals surface area contributed by atoms with Crippen molar-refractivity contribution in [1.82, 2.24) is 10.6 Å². The topological polar surface area (TPSA) is 72.0 Å². The minimum absolute atomic E-state index is 0.251. The second-order valence-electron chi connectivity index (χ2n) is 7.20. The lowest BCUT2D eigenvalue weighted by molar-refractivity contribution is 0.0597. The fourth-order valence-corrected chi connectivity index (χ4v) is 2.86. The number of aliphatic imine (C=N–C) groups is 1. The number of ether oxygens (including phenoxy) is 2. The van der Waals surface area contributed by atoms with Crippen molar-refractivity contribution in [1.29, 1.82) is 0 Å². The summed E-state index contributed by atoms with van der Waals surface area (Å²) in [5, 5.41) is 6.48. The predicted octanol–water partition coefficient (Wildman–Crippen LogP) is 3.26. The van der Waals surface area contributed by atoms with Gasteiger partial charge in [0.05, 0.1) is 14.2 Å². The molecule has 0 bridgehead atoms. The van der Waals surface area contributed by atoms with E-state index in [9.17, 15) is 9.18 Å². The molecule has 2 N–H and O–H groups in total. The molecule has 0 radical (unpaired) electrons. The van der Waals surface area contributed by atoms with Crippen LogP contribution in [0.2, 0.25) is 0 Å². The number of hydrogen-bond acceptors (Lipinski definition) is 4. The summed E-state index contributed by atoms with van der Waals surface area (Å²) < 4.78 is 23.6. The number of guanidine groups is 1. The standard InChI is InChI=1S/C22H28FN3O3/c1-22(2,16-7-6-8-17(23)12-16)14-26-21(24-3)25-13-15-9-10-19(28-4)18(11-15)20(27)29-5/h6-12H,13-14H2,1-5H3,(H2,24,25,26). The normalized spacial score (nSPS) is 11.7. The van der Waals surface area contributed by atoms with Gasteiger partial charge < -0.3 is 20.1 Å². The number of benzene rings is 2. The first kappa shape index (κ1) is 22.2. The molecule has 0 saturated carbocycles. The Balaban J connectivity index is 2.01. The van der Waals surface area contributed by atoms with Crippen molar-refractivity contribution in [2.75, 3.05) is 27.8 Å². The number of carbonyl (C=O) groups is 1. The van der Waals surface area contributed by atoms with Crippen molar-refractivity contribution in [3.63, 3.8) is 0 Å². The van der Waals surface area contributed by atoms with Crippen molar-refractivity contribution in [3.05, 3.63) is 65.0 Å². The number of carbonyl (C=O) groups excluding carboxylic acids is 1. The highest BCUT2D eigenvalue weighted by molar-refractivity contribution is 5.92. The molecule has 0 aliphatic rings. The van der Waals surface area contributed by atoms with Gasteiger partial charge in [-0.1, -0.05) is 32.0 Å². The van der Waals surface area contributed by atoms with E-state index < -0.39 is 5.97 Å². The van der Waals surface area contributed by atoms with Crippen LogP contribution in [0.15, 0.2) is 47.5 Å². The van der Waals surface area contributed by atoms with Gasteiger partial charge in [-0.25, -0.2) is 9.18 Å². The van der Waals surface area contributed by atoms with Crippen LogP contribution in [0.4, 0.5) is 4.39 Å². The van der Waals surface area contributed by atoms with Gasteiger partial charge >= 0.3 is 5.97 Å². The number of nitrogens with one attached hydrogen (secondary N) is 2. The summed E-state index contributed by atoms with van der Waals surface area (Å²) in [5.41, 5.74) is 1.85. The maximum atomic E-state index is 13.5. The average molecular weight is 401 g/mol. The summed E-state index contributed by atoms with van der Waals surface area (Å²) in [6, 6.07) is 11.9. The summed E-state index contributed by atoms with van der Waals surface area (Å²) in [6.45, 7) is 5.09. The van der Waals surface area contributed by atoms with Gasteiger partial charge in [-0.15, -0.1) is 0 Å². The van der Waals surface area contributed by atoms with E-state index in [-0.39, 0.29) is 11.2 Å². The van der Waals surface area contributed by atoms with Crippen molar-refractivity contribution in [2.45, 2.75) is 25.8 Å². The van der Waals surface area contributed by atoms with Crippen molar-refractivity contribution in [2.24, 2.45) is 4.99 Å². The lowest BCUT2D eigenvalue weighted by Crippen LogP contribution is -2.43. The minimum atomic E-state index is -0.456. The Labute approximate surface area is 171 Å². The van der Waals surface area contributed by atoms with Gasteiger partial charge in [-0.2, -0.15) is 0 Å². The molecule has 156 valence electrons. The van der Waals surface area contributed by atoms with Crippen LogP contribution >= 0.6 is 0 Å². The minimum Gasteiger partial charge on any atom is -0.496 e. The van der Waals surface area contributed by atoms with E-state index in [1.165, 1.54) is 20.3 Å². The molecule has 2 aromatic rings. The third-order valence-corrected chi connectivity index (χ3v) is 4.66. The SMILES string of the molecule is CN=C(NCc1ccc(OC)c(C(=O)OC)c1)NCC(C)(C)c1cccc(F)c1. The molecule has 0 saturated heterocycles. The van der Waals surface area contributed by atoms with E-state index in [1.807, 2.05) is 26.0 Å². The summed E-state index contributed by atoms with van der Waals surface area (Å²) in [4.78, 5) is 16.2. The van der Waals surface area contributed by atoms with Crippen LogP contribution in [0.3, 0.4) is 0 Å². The molecule has 0 aromatic heterocycles. The average Bonchev–Trinajstić information content (AvgIpc) is 2.73. The van der Waals surface area contributed by atoms with Gasteiger partial charge in [0.15, 0.2) is 5.96 Å². The van der Waals surface area contributed by atoms with Crippen LogP contribution in [0.1, 0.15) is 35.3 Å². The Morgan fingerprint density at radius 1 is 1.14 bits per heavy atom. The molecule has 0 unspecified atom stereocenters. The first-order valence-corrected chi connectivity index (χ1v) is 9.26. The molecular weight excluding hydrogens is 373 g/mol. The van der Waals surface area contributed by atoms with Crippen LogP contribution in [0.25, 0.3) is 0 Å². The van der Waals surface area contributed by atoms with Crippen LogP contribution in [-0.2, 0) is 16.7 Å². The number of esters is 1. The third kappa shape index (κ3) is 5.94. The molecule has 2 aromatic carbocycles. The van der Waals surface area contributed by atoms with Crippen molar-refractivity contribution in [3.8, 4) is 5.75 Å². The molecule has 0 spiro atoms. The smallest absolute Gasteiger partial charge is 0.341 e. The molecule has 0 amide bonds. The molecule has 0 atom stereocenters. The van der Waals surface area contributed by atoms with Gasteiger partial charge in [0.2, 0.25) is 0 Å². The van der Waals surface area contributed by atoms with Gasteiger partial charge in [0.1, 0.15) is 17.1 Å². The third-order valence-electron chi connectivity index (χ3n) is 4.66. The summed E-state index contributed by atoms with van der Waals surface area (Å²) in [5.74, 6) is 0.354. The van der Waals surface area contributed by atoms with Crippen LogP contribution in [-0.4, -0.2) is 39.7 Å². The Kier molecular flexibility index (Phi) is 7.59. The second-order valence-corrected chi connectivity index (χ2v) is 7.20. The van der Waals surface area contributed by atoms with E-state index in [4.69, 9.17) is 9.47 Å². The molecule has 0 aliphatic carbocycles. The van der Waals surface area contributed by atoms with E-state index in [0.29, 0.717) is 30.4 Å². The Morgan fingerprint density at radius 3 is 2.52 bits per heavy atom. The highest BCUT2D eigenvalue weighted by Gasteiger charge is 2.21. The lowest BCUT2D eigenvalue weighted by atomic mass is 9.84. The van der Waals surface area contributed by atoms with E-state index in [2.05, 4.69) is 15.6 Å². The lowest BCUT2D eigenvalue weighted by Gasteiger charge is -2.27. The summed E-state index contributed by atoms with van der Waals surface area (Å²) in [7, 11) is 4.52. The highest BCUT2D eigenvalue weighted by atomic mass is 19.1. The zero-order valence-corrected chi connectivity index (χ0v) is 17.5. The van der Waals surface area contributed by atoms with Crippen LogP contribution in [0, 0.1) is 5.82 Å². The van der Waals surface area contributed by atoms with Crippen molar-refractivity contribution >= 4 is 11.9 Å². The Bertz CT molecular complexity index is 881. The van der Waals surface area contributed by atoms with Gasteiger partial charge in [-0.3, -0.25) is 4.99 Å². The number of hydrogen-bond donors (Lipinski definition) is 2. The van der Waals surface area contributed by atoms with Crippen molar-refractivity contribution < 1.29 is 18.7 Å². The maximum Gasteiger partial charge on any atom is 0.341 e. The quantitative estimate of drug-likeness (QED) is 0.423. The van der Waals surface area contributed by atoms with Gasteiger partial charge in [0.25, 0.3) is 0 Å². The fraction of sp³-hybridized carbons (Fsp3) is 0.364. The first-order valence-electron chi connectivity index (χ1n) is 9.26. The molecule has 29 heavy (non-hydrogen) atoms. The van der Waals surface area contributed by atoms with Crippen LogP contribution in [0.5, 0.6) is 5.75 Å². The van der Waals surface area contributed by atoms with E-state index in [1.54, 1.807) is 31.3 Å². The molecule has 7 heteroatoms. The largest absolute Gasteiger partial charge is 0.496 e. The van der Waals surface area contributed by atoms with Gasteiger partial charge in [0, 0.05) is 25.6 Å². The molecular formula is C22H28FN3O3. The number of rotatable bonds is 7. The Hall–Kier alpha value is -3.09. The number of halogens is 1. The highest BCUT2D eigenvalue weighted by Crippen LogP contribution is 2.23. The van der Waals surface area contributed by atoms with E-state index >= 15 is 0 Å². The van der Waals surface area contributed by atoms with E-state index in [0.717, 1.165) is 11.1 Å². The fourth-order valence-electron chi connectivity index (χ4n) is 2.86. The second kappa shape index (κ2) is 9.91. The number of nitrogens with zero attached hydrogens (tertiary/aromatic N) is 1. The first-order chi connectivity index (χ1) is 13.8. The zero-order valence-electron chi connectivity index (χ0n) is 17.5. The predicted molar refractivity (Wildman–Crippen MR) is 112 cm³/mol. The number of methoxy groups -OCH3 is 2. The molecule has 0 fully saturated rings. The Morgan fingerprint density at radius 2 is 1.90 bits per heavy atom. The maximum absolute atomic E-state index is 13.5. The molecule has 0 heterocycles. The summed E-state index contributed by atoms with van der Waals surface area (Å²) in [6.07, 6.45) is 0. The zero-order chi connectivity index (χ0) is 21.4.